The maximum Gasteiger partial charge on any atom is 0.172 e. The lowest BCUT2D eigenvalue weighted by atomic mass is 10.1. The molecule has 0 bridgehead atoms. The molecule has 0 radical (unpaired) electrons. The van der Waals surface area contributed by atoms with E-state index in [1.54, 1.807) is 29.2 Å². The zero-order chi connectivity index (χ0) is 12.6. The van der Waals surface area contributed by atoms with Crippen LogP contribution in [0.2, 0.25) is 0 Å². The third-order valence-corrected chi connectivity index (χ3v) is 2.85. The summed E-state index contributed by atoms with van der Waals surface area (Å²) in [5.74, 6) is 2.44. The van der Waals surface area contributed by atoms with E-state index in [0.717, 1.165) is 0 Å². The van der Waals surface area contributed by atoms with Gasteiger partial charge in [-0.05, 0) is 12.2 Å². The molecule has 1 N–H and O–H groups in total. The monoisotopic (exact) mass is 242 g/mol. The lowest BCUT2D eigenvalue weighted by Gasteiger charge is -2.21. The Hall–Kier alpha value is -2.23. The van der Waals surface area contributed by atoms with Crippen molar-refractivity contribution < 1.29 is 9.84 Å². The average molecular weight is 242 g/mol. The first-order chi connectivity index (χ1) is 8.78. The first-order valence-corrected chi connectivity index (χ1v) is 5.36. The second-order valence-corrected chi connectivity index (χ2v) is 3.94. The number of nitrogens with zero attached hydrogens (tertiary/aromatic N) is 4. The molecular weight excluding hydrogens is 232 g/mol. The molecule has 6 heteroatoms. The fourth-order valence-corrected chi connectivity index (χ4v) is 1.87. The van der Waals surface area contributed by atoms with Crippen molar-refractivity contribution in [3.05, 3.63) is 31.0 Å². The molecule has 0 aromatic carbocycles. The van der Waals surface area contributed by atoms with Crippen LogP contribution in [0.15, 0.2) is 31.0 Å². The van der Waals surface area contributed by atoms with Crippen molar-refractivity contribution in [1.29, 1.82) is 0 Å². The van der Waals surface area contributed by atoms with Gasteiger partial charge in [0.1, 0.15) is 11.8 Å². The number of fused-ring (bicyclic) bond motifs is 1. The Labute approximate surface area is 103 Å². The summed E-state index contributed by atoms with van der Waals surface area (Å²) in [6.45, 7) is -0.266. The summed E-state index contributed by atoms with van der Waals surface area (Å²) in [5, 5.41) is 9.28. The van der Waals surface area contributed by atoms with Gasteiger partial charge >= 0.3 is 0 Å². The van der Waals surface area contributed by atoms with E-state index in [1.807, 2.05) is 0 Å². The van der Waals surface area contributed by atoms with Crippen LogP contribution in [0.3, 0.4) is 0 Å². The van der Waals surface area contributed by atoms with Gasteiger partial charge in [-0.15, -0.1) is 6.42 Å². The third kappa shape index (κ3) is 1.49. The van der Waals surface area contributed by atoms with Crippen LogP contribution in [0.4, 0.5) is 0 Å². The average Bonchev–Trinajstić information content (AvgIpc) is 3.03. The van der Waals surface area contributed by atoms with E-state index < -0.39 is 11.8 Å². The van der Waals surface area contributed by atoms with Gasteiger partial charge in [0.15, 0.2) is 17.5 Å². The molecule has 0 aliphatic carbocycles. The van der Waals surface area contributed by atoms with E-state index in [2.05, 4.69) is 20.9 Å². The maximum atomic E-state index is 9.28. The van der Waals surface area contributed by atoms with Crippen molar-refractivity contribution >= 4 is 11.2 Å². The summed E-state index contributed by atoms with van der Waals surface area (Å²) in [6, 6.07) is 0. The summed E-state index contributed by atoms with van der Waals surface area (Å²) in [5.41, 5.74) is 0.274. The van der Waals surface area contributed by atoms with Crippen LogP contribution in [-0.2, 0) is 4.74 Å². The van der Waals surface area contributed by atoms with Crippen molar-refractivity contribution in [2.24, 2.45) is 0 Å². The number of hydrogen-bond donors (Lipinski definition) is 1. The second kappa shape index (κ2) is 3.91. The van der Waals surface area contributed by atoms with Crippen molar-refractivity contribution in [1.82, 2.24) is 19.5 Å². The van der Waals surface area contributed by atoms with Crippen LogP contribution >= 0.6 is 0 Å². The number of rotatable bonds is 2. The predicted molar refractivity (Wildman–Crippen MR) is 63.2 cm³/mol. The smallest absolute Gasteiger partial charge is 0.172 e. The zero-order valence-electron chi connectivity index (χ0n) is 9.39. The van der Waals surface area contributed by atoms with E-state index in [-0.39, 0.29) is 6.61 Å². The normalized spacial score (nSPS) is 26.6. The minimum atomic E-state index is -1.06. The Balaban J connectivity index is 1.99. The van der Waals surface area contributed by atoms with Gasteiger partial charge in [0, 0.05) is 0 Å². The summed E-state index contributed by atoms with van der Waals surface area (Å²) in [7, 11) is 0. The zero-order valence-corrected chi connectivity index (χ0v) is 9.39. The number of hydrogen-bond acceptors (Lipinski definition) is 5. The Kier molecular flexibility index (Phi) is 2.37. The summed E-state index contributed by atoms with van der Waals surface area (Å²) in [4.78, 5) is 12.2. The van der Waals surface area contributed by atoms with Crippen molar-refractivity contribution in [3.63, 3.8) is 0 Å². The highest BCUT2D eigenvalue weighted by molar-refractivity contribution is 5.69. The molecule has 18 heavy (non-hydrogen) atoms. The van der Waals surface area contributed by atoms with Gasteiger partial charge in [0.2, 0.25) is 0 Å². The molecule has 0 unspecified atom stereocenters. The molecule has 1 aliphatic heterocycles. The van der Waals surface area contributed by atoms with Crippen LogP contribution < -0.4 is 0 Å². The quantitative estimate of drug-likeness (QED) is 0.604. The first kappa shape index (κ1) is 10.9. The van der Waals surface area contributed by atoms with Crippen molar-refractivity contribution in [2.45, 2.75) is 11.8 Å². The van der Waals surface area contributed by atoms with E-state index in [0.29, 0.717) is 11.2 Å². The molecule has 0 saturated carbocycles. The fraction of sp³-hybridized carbons (Fsp3) is 0.250. The van der Waals surface area contributed by atoms with Gasteiger partial charge in [-0.2, -0.15) is 0 Å². The molecule has 3 rings (SSSR count). The molecule has 1 aliphatic rings. The summed E-state index contributed by atoms with van der Waals surface area (Å²) >= 11 is 0. The fourth-order valence-electron chi connectivity index (χ4n) is 1.87. The highest BCUT2D eigenvalue weighted by atomic mass is 16.5. The lowest BCUT2D eigenvalue weighted by Crippen LogP contribution is -2.31. The second-order valence-electron chi connectivity index (χ2n) is 3.94. The van der Waals surface area contributed by atoms with Gasteiger partial charge in [-0.3, -0.25) is 4.57 Å². The SMILES string of the molecule is C#C[C@@]1(CO)C=C[C@H](n2cnc3cncnc32)O1. The number of aliphatic hydroxyl groups excluding tert-OH is 1. The Morgan fingerprint density at radius 3 is 3.17 bits per heavy atom. The number of imidazole rings is 1. The molecule has 0 saturated heterocycles. The van der Waals surface area contributed by atoms with Gasteiger partial charge in [0.05, 0.1) is 19.1 Å². The van der Waals surface area contributed by atoms with E-state index in [9.17, 15) is 5.11 Å². The molecule has 2 atom stereocenters. The number of terminal acetylenes is 1. The van der Waals surface area contributed by atoms with Gasteiger partial charge < -0.3 is 9.84 Å². The number of aliphatic hydroxyl groups is 1. The van der Waals surface area contributed by atoms with Crippen LogP contribution in [0.25, 0.3) is 11.2 Å². The van der Waals surface area contributed by atoms with E-state index in [1.165, 1.54) is 6.33 Å². The predicted octanol–water partition coefficient (Wildman–Crippen LogP) is 0.276. The molecule has 0 spiro atoms. The Morgan fingerprint density at radius 1 is 1.56 bits per heavy atom. The lowest BCUT2D eigenvalue weighted by molar-refractivity contribution is -0.0470. The molecule has 6 nitrogen and oxygen atoms in total. The molecule has 0 fully saturated rings. The van der Waals surface area contributed by atoms with E-state index >= 15 is 0 Å². The summed E-state index contributed by atoms with van der Waals surface area (Å²) in [6.07, 6.45) is 13.1. The standard InChI is InChI=1S/C12H10N4O2/c1-2-12(6-17)4-3-10(18-12)16-8-15-9-5-13-7-14-11(9)16/h1,3-5,7-8,10,17H,6H2/t10-,12+/m1/s1. The Morgan fingerprint density at radius 2 is 2.44 bits per heavy atom. The first-order valence-electron chi connectivity index (χ1n) is 5.36. The molecular formula is C12H10N4O2. The largest absolute Gasteiger partial charge is 0.392 e. The highest BCUT2D eigenvalue weighted by Gasteiger charge is 2.34. The highest BCUT2D eigenvalue weighted by Crippen LogP contribution is 2.30. The van der Waals surface area contributed by atoms with Gasteiger partial charge in [0.25, 0.3) is 0 Å². The number of aromatic nitrogens is 4. The maximum absolute atomic E-state index is 9.28. The molecule has 0 amide bonds. The van der Waals surface area contributed by atoms with Crippen LogP contribution in [0.1, 0.15) is 6.23 Å². The Bertz CT molecular complexity index is 657. The minimum Gasteiger partial charge on any atom is -0.392 e. The minimum absolute atomic E-state index is 0.266. The van der Waals surface area contributed by atoms with Crippen LogP contribution in [0, 0.1) is 12.3 Å². The van der Waals surface area contributed by atoms with E-state index in [4.69, 9.17) is 11.2 Å². The third-order valence-electron chi connectivity index (χ3n) is 2.85. The summed E-state index contributed by atoms with van der Waals surface area (Å²) < 4.78 is 7.40. The van der Waals surface area contributed by atoms with Gasteiger partial charge in [-0.1, -0.05) is 5.92 Å². The molecule has 90 valence electrons. The van der Waals surface area contributed by atoms with Crippen LogP contribution in [-0.4, -0.2) is 36.8 Å². The molecule has 2 aromatic heterocycles. The molecule has 2 aromatic rings. The van der Waals surface area contributed by atoms with Gasteiger partial charge in [-0.25, -0.2) is 15.0 Å². The molecule has 3 heterocycles. The topological polar surface area (TPSA) is 73.1 Å². The van der Waals surface area contributed by atoms with Crippen molar-refractivity contribution in [3.8, 4) is 12.3 Å². The van der Waals surface area contributed by atoms with Crippen molar-refractivity contribution in [2.75, 3.05) is 6.61 Å². The van der Waals surface area contributed by atoms with Crippen LogP contribution in [0.5, 0.6) is 0 Å². The number of ether oxygens (including phenoxy) is 1.